The Morgan fingerprint density at radius 2 is 1.57 bits per heavy atom. The zero-order chi connectivity index (χ0) is 27.0. The quantitative estimate of drug-likeness (QED) is 0.376. The average Bonchev–Trinajstić information content (AvgIpc) is 2.82. The lowest BCUT2D eigenvalue weighted by atomic mass is 9.85. The molecule has 2 aromatic rings. The van der Waals surface area contributed by atoms with Gasteiger partial charge in [0.2, 0.25) is 0 Å². The Morgan fingerprint density at radius 1 is 0.946 bits per heavy atom. The summed E-state index contributed by atoms with van der Waals surface area (Å²) in [6, 6.07) is 7.48. The molecule has 204 valence electrons. The fraction of sp³-hybridized carbons (Fsp3) is 0.593. The second-order valence-electron chi connectivity index (χ2n) is 10.3. The van der Waals surface area contributed by atoms with Crippen molar-refractivity contribution in [1.82, 2.24) is 5.32 Å². The summed E-state index contributed by atoms with van der Waals surface area (Å²) >= 11 is 0. The molecule has 0 spiro atoms. The molecule has 2 saturated carbocycles. The molecule has 1 unspecified atom stereocenters. The highest BCUT2D eigenvalue weighted by Gasteiger charge is 2.43. The monoisotopic (exact) mass is 531 g/mol. The minimum atomic E-state index is -4.72. The number of carbonyl (C=O) groups is 1. The van der Waals surface area contributed by atoms with Gasteiger partial charge in [-0.25, -0.2) is 0 Å². The van der Waals surface area contributed by atoms with E-state index in [0.29, 0.717) is 36.6 Å². The first-order valence-electron chi connectivity index (χ1n) is 12.7. The molecule has 1 atom stereocenters. The van der Waals surface area contributed by atoms with Gasteiger partial charge in [0, 0.05) is 12.1 Å². The number of nitrogens with one attached hydrogen (secondary N) is 1. The minimum absolute atomic E-state index is 0.0188. The molecule has 2 fully saturated rings. The van der Waals surface area contributed by atoms with Crippen LogP contribution in [0.15, 0.2) is 30.3 Å². The molecule has 2 aliphatic carbocycles. The number of fused-ring (bicyclic) bond motifs is 1. The van der Waals surface area contributed by atoms with Crippen LogP contribution in [0.1, 0.15) is 75.5 Å². The second-order valence-corrected chi connectivity index (χ2v) is 10.3. The number of halogens is 6. The van der Waals surface area contributed by atoms with Gasteiger partial charge >= 0.3 is 18.3 Å². The highest BCUT2D eigenvalue weighted by Crippen LogP contribution is 2.44. The van der Waals surface area contributed by atoms with Crippen LogP contribution in [0.5, 0.6) is 5.75 Å². The number of ether oxygens (including phenoxy) is 1. The summed E-state index contributed by atoms with van der Waals surface area (Å²) in [5.74, 6) is -2.96. The molecular weight excluding hydrogens is 500 g/mol. The zero-order valence-corrected chi connectivity index (χ0v) is 20.5. The van der Waals surface area contributed by atoms with Gasteiger partial charge in [0.05, 0.1) is 17.9 Å². The Balaban J connectivity index is 1.54. The maximum absolute atomic E-state index is 14.3. The van der Waals surface area contributed by atoms with Gasteiger partial charge in [0.25, 0.3) is 0 Å². The number of aliphatic carboxylic acids is 1. The van der Waals surface area contributed by atoms with Crippen molar-refractivity contribution >= 4 is 16.7 Å². The van der Waals surface area contributed by atoms with Crippen molar-refractivity contribution in [2.24, 2.45) is 11.8 Å². The first kappa shape index (κ1) is 27.5. The molecule has 0 aliphatic heterocycles. The van der Waals surface area contributed by atoms with Gasteiger partial charge in [-0.05, 0) is 86.8 Å². The Kier molecular flexibility index (Phi) is 7.97. The Labute approximate surface area is 211 Å². The predicted molar refractivity (Wildman–Crippen MR) is 126 cm³/mol. The van der Waals surface area contributed by atoms with E-state index in [4.69, 9.17) is 4.74 Å². The lowest BCUT2D eigenvalue weighted by Gasteiger charge is -2.31. The van der Waals surface area contributed by atoms with Gasteiger partial charge in [-0.1, -0.05) is 18.2 Å². The van der Waals surface area contributed by atoms with E-state index >= 15 is 0 Å². The standard InChI is InChI=1S/C27H31F6NO3/c1-15(34-20-9-4-17(5-10-20)25(35)36)18-3-2-16-6-13-23(24(22(16)14-18)27(31,32)33)37-21-11-7-19(8-12-21)26(28,29)30/h2-3,6,13-15,17,19-21,34H,4-5,7-12H2,1H3,(H,35,36)/t15?,17-,19-,20-,21+. The summed E-state index contributed by atoms with van der Waals surface area (Å²) in [5, 5.41) is 13.0. The van der Waals surface area contributed by atoms with Gasteiger partial charge in [0.1, 0.15) is 11.3 Å². The van der Waals surface area contributed by atoms with Crippen LogP contribution < -0.4 is 10.1 Å². The number of hydrogen-bond acceptors (Lipinski definition) is 3. The number of carboxylic acids is 1. The predicted octanol–water partition coefficient (Wildman–Crippen LogP) is 7.65. The maximum atomic E-state index is 14.3. The van der Waals surface area contributed by atoms with E-state index in [9.17, 15) is 36.2 Å². The van der Waals surface area contributed by atoms with E-state index in [-0.39, 0.29) is 54.8 Å². The van der Waals surface area contributed by atoms with Crippen LogP contribution in [0.25, 0.3) is 10.8 Å². The largest absolute Gasteiger partial charge is 0.490 e. The lowest BCUT2D eigenvalue weighted by molar-refractivity contribution is -0.185. The molecule has 0 saturated heterocycles. The van der Waals surface area contributed by atoms with Crippen molar-refractivity contribution in [2.75, 3.05) is 0 Å². The van der Waals surface area contributed by atoms with Crippen LogP contribution in [0.2, 0.25) is 0 Å². The summed E-state index contributed by atoms with van der Waals surface area (Å²) in [4.78, 5) is 11.2. The Hall–Kier alpha value is -2.49. The molecule has 2 N–H and O–H groups in total. The molecule has 2 aliphatic rings. The number of alkyl halides is 6. The van der Waals surface area contributed by atoms with Crippen LogP contribution in [0.4, 0.5) is 26.3 Å². The molecule has 0 radical (unpaired) electrons. The summed E-state index contributed by atoms with van der Waals surface area (Å²) in [7, 11) is 0. The molecule has 0 amide bonds. The van der Waals surface area contributed by atoms with Gasteiger partial charge in [-0.15, -0.1) is 0 Å². The van der Waals surface area contributed by atoms with Gasteiger partial charge in [-0.3, -0.25) is 4.79 Å². The highest BCUT2D eigenvalue weighted by atomic mass is 19.4. The molecule has 0 aromatic heterocycles. The first-order valence-corrected chi connectivity index (χ1v) is 12.7. The number of carboxylic acid groups (broad SMARTS) is 1. The van der Waals surface area contributed by atoms with Crippen LogP contribution in [-0.4, -0.2) is 29.4 Å². The number of benzene rings is 2. The Morgan fingerprint density at radius 3 is 2.14 bits per heavy atom. The van der Waals surface area contributed by atoms with E-state index in [2.05, 4.69) is 5.32 Å². The SMILES string of the molecule is CC(N[C@H]1CC[C@H](C(=O)O)CC1)c1ccc2ccc(O[C@H]3CC[C@@H](C(F)(F)F)CC3)c(C(F)(F)F)c2c1. The van der Waals surface area contributed by atoms with E-state index < -0.39 is 35.9 Å². The molecule has 37 heavy (non-hydrogen) atoms. The maximum Gasteiger partial charge on any atom is 0.420 e. The number of hydrogen-bond donors (Lipinski definition) is 2. The van der Waals surface area contributed by atoms with Crippen LogP contribution >= 0.6 is 0 Å². The third-order valence-corrected chi connectivity index (χ3v) is 7.78. The smallest absolute Gasteiger partial charge is 0.420 e. The van der Waals surface area contributed by atoms with Crippen LogP contribution in [0, 0.1) is 11.8 Å². The van der Waals surface area contributed by atoms with E-state index in [1.54, 1.807) is 12.1 Å². The van der Waals surface area contributed by atoms with Gasteiger partial charge in [0.15, 0.2) is 0 Å². The minimum Gasteiger partial charge on any atom is -0.490 e. The topological polar surface area (TPSA) is 58.6 Å². The average molecular weight is 532 g/mol. The van der Waals surface area contributed by atoms with Crippen molar-refractivity contribution in [3.05, 3.63) is 41.5 Å². The Bertz CT molecular complexity index is 1100. The summed E-state index contributed by atoms with van der Waals surface area (Å²) in [5.41, 5.74) is -0.264. The zero-order valence-electron chi connectivity index (χ0n) is 20.5. The lowest BCUT2D eigenvalue weighted by Crippen LogP contribution is -2.36. The van der Waals surface area contributed by atoms with Crippen LogP contribution in [0.3, 0.4) is 0 Å². The fourth-order valence-electron chi connectivity index (χ4n) is 5.62. The summed E-state index contributed by atoms with van der Waals surface area (Å²) in [6.07, 6.45) is -7.49. The van der Waals surface area contributed by atoms with Crippen molar-refractivity contribution in [3.63, 3.8) is 0 Å². The van der Waals surface area contributed by atoms with Crippen molar-refractivity contribution < 1.29 is 41.0 Å². The first-order chi connectivity index (χ1) is 17.3. The molecule has 4 rings (SSSR count). The van der Waals surface area contributed by atoms with Crippen molar-refractivity contribution in [1.29, 1.82) is 0 Å². The molecule has 4 nitrogen and oxygen atoms in total. The van der Waals surface area contributed by atoms with Crippen LogP contribution in [-0.2, 0) is 11.0 Å². The third kappa shape index (κ3) is 6.51. The van der Waals surface area contributed by atoms with E-state index in [1.807, 2.05) is 6.92 Å². The molecule has 2 aromatic carbocycles. The molecule has 10 heteroatoms. The van der Waals surface area contributed by atoms with E-state index in [1.165, 1.54) is 18.2 Å². The molecule has 0 bridgehead atoms. The summed E-state index contributed by atoms with van der Waals surface area (Å²) < 4.78 is 87.4. The normalized spacial score (nSPS) is 26.1. The fourth-order valence-corrected chi connectivity index (χ4v) is 5.62. The second kappa shape index (κ2) is 10.7. The van der Waals surface area contributed by atoms with Crippen molar-refractivity contribution in [3.8, 4) is 5.75 Å². The highest BCUT2D eigenvalue weighted by molar-refractivity contribution is 5.89. The molecule has 0 heterocycles. The number of rotatable bonds is 6. The van der Waals surface area contributed by atoms with Gasteiger partial charge in [-0.2, -0.15) is 26.3 Å². The van der Waals surface area contributed by atoms with Crippen molar-refractivity contribution in [2.45, 2.75) is 88.8 Å². The van der Waals surface area contributed by atoms with Gasteiger partial charge < -0.3 is 15.2 Å². The molecular formula is C27H31F6NO3. The third-order valence-electron chi connectivity index (χ3n) is 7.78. The summed E-state index contributed by atoms with van der Waals surface area (Å²) in [6.45, 7) is 1.86. The van der Waals surface area contributed by atoms with E-state index in [0.717, 1.165) is 0 Å².